The average Bonchev–Trinajstić information content (AvgIpc) is 2.29. The minimum absolute atomic E-state index is 0.288. The maximum atomic E-state index is 13.6. The molecule has 0 saturated carbocycles. The van der Waals surface area contributed by atoms with Crippen molar-refractivity contribution in [2.75, 3.05) is 7.05 Å². The van der Waals surface area contributed by atoms with Crippen LogP contribution in [-0.2, 0) is 6.54 Å². The maximum Gasteiger partial charge on any atom is 0.251 e. The Kier molecular flexibility index (Phi) is 3.30. The summed E-state index contributed by atoms with van der Waals surface area (Å²) in [4.78, 5) is 18.2. The topological polar surface area (TPSA) is 57.8 Å². The first kappa shape index (κ1) is 11.5. The van der Waals surface area contributed by atoms with Crippen LogP contribution in [0.1, 0.15) is 5.82 Å². The minimum Gasteiger partial charge on any atom is -0.313 e. The summed E-state index contributed by atoms with van der Waals surface area (Å²) in [5.74, 6) is 0.0965. The fourth-order valence-electron chi connectivity index (χ4n) is 1.57. The van der Waals surface area contributed by atoms with Crippen LogP contribution < -0.4 is 10.9 Å². The smallest absolute Gasteiger partial charge is 0.251 e. The van der Waals surface area contributed by atoms with Crippen LogP contribution in [0.25, 0.3) is 11.3 Å². The summed E-state index contributed by atoms with van der Waals surface area (Å²) < 4.78 is 13.6. The van der Waals surface area contributed by atoms with Gasteiger partial charge in [-0.2, -0.15) is 0 Å². The van der Waals surface area contributed by atoms with Crippen molar-refractivity contribution >= 4 is 0 Å². The lowest BCUT2D eigenvalue weighted by Crippen LogP contribution is -2.16. The van der Waals surface area contributed by atoms with Crippen molar-refractivity contribution < 1.29 is 4.39 Å². The molecule has 17 heavy (non-hydrogen) atoms. The van der Waals surface area contributed by atoms with E-state index in [1.54, 1.807) is 25.2 Å². The number of aromatic nitrogens is 2. The first-order valence-electron chi connectivity index (χ1n) is 5.20. The molecule has 0 atom stereocenters. The standard InChI is InChI=1S/C12H12FN3O/c1-14-7-11-15-10(6-12(17)16-11)8-4-2-3-5-9(8)13/h2-6,14H,7H2,1H3,(H,15,16,17). The van der Waals surface area contributed by atoms with E-state index in [2.05, 4.69) is 15.3 Å². The van der Waals surface area contributed by atoms with Gasteiger partial charge in [-0.3, -0.25) is 4.79 Å². The molecule has 1 heterocycles. The molecule has 0 aliphatic carbocycles. The Balaban J connectivity index is 2.52. The van der Waals surface area contributed by atoms with Gasteiger partial charge >= 0.3 is 0 Å². The summed E-state index contributed by atoms with van der Waals surface area (Å²) in [5, 5.41) is 2.88. The third-order valence-corrected chi connectivity index (χ3v) is 2.28. The third-order valence-electron chi connectivity index (χ3n) is 2.28. The van der Waals surface area contributed by atoms with Crippen LogP contribution in [0.15, 0.2) is 35.1 Å². The predicted octanol–water partition coefficient (Wildman–Crippen LogP) is 1.30. The van der Waals surface area contributed by atoms with Gasteiger partial charge < -0.3 is 10.3 Å². The Morgan fingerprint density at radius 3 is 2.88 bits per heavy atom. The normalized spacial score (nSPS) is 10.5. The number of hydrogen-bond donors (Lipinski definition) is 2. The zero-order chi connectivity index (χ0) is 12.3. The largest absolute Gasteiger partial charge is 0.313 e. The van der Waals surface area contributed by atoms with Gasteiger partial charge in [-0.05, 0) is 19.2 Å². The first-order valence-corrected chi connectivity index (χ1v) is 5.20. The Hall–Kier alpha value is -2.01. The van der Waals surface area contributed by atoms with Gasteiger partial charge in [0.15, 0.2) is 0 Å². The van der Waals surface area contributed by atoms with Gasteiger partial charge in [-0.15, -0.1) is 0 Å². The molecule has 1 aromatic carbocycles. The molecule has 0 radical (unpaired) electrons. The van der Waals surface area contributed by atoms with Crippen LogP contribution in [0.4, 0.5) is 4.39 Å². The molecule has 0 bridgehead atoms. The van der Waals surface area contributed by atoms with Gasteiger partial charge in [0.2, 0.25) is 0 Å². The van der Waals surface area contributed by atoms with Crippen LogP contribution in [0.2, 0.25) is 0 Å². The van der Waals surface area contributed by atoms with Gasteiger partial charge in [-0.25, -0.2) is 9.37 Å². The van der Waals surface area contributed by atoms with Gasteiger partial charge in [0, 0.05) is 11.6 Å². The van der Waals surface area contributed by atoms with Crippen LogP contribution in [-0.4, -0.2) is 17.0 Å². The fourth-order valence-corrected chi connectivity index (χ4v) is 1.57. The molecule has 0 unspecified atom stereocenters. The zero-order valence-electron chi connectivity index (χ0n) is 9.33. The average molecular weight is 233 g/mol. The molecule has 0 aliphatic heterocycles. The molecular formula is C12H12FN3O. The van der Waals surface area contributed by atoms with Crippen molar-refractivity contribution in [3.05, 3.63) is 52.3 Å². The summed E-state index contributed by atoms with van der Waals surface area (Å²) in [6.45, 7) is 0.428. The molecule has 0 saturated heterocycles. The second-order valence-corrected chi connectivity index (χ2v) is 3.59. The monoisotopic (exact) mass is 233 g/mol. The summed E-state index contributed by atoms with van der Waals surface area (Å²) in [6, 6.07) is 7.54. The second kappa shape index (κ2) is 4.88. The fraction of sp³-hybridized carbons (Fsp3) is 0.167. The predicted molar refractivity (Wildman–Crippen MR) is 63.0 cm³/mol. The van der Waals surface area contributed by atoms with Crippen LogP contribution in [0.3, 0.4) is 0 Å². The zero-order valence-corrected chi connectivity index (χ0v) is 9.33. The van der Waals surface area contributed by atoms with Crippen molar-refractivity contribution in [3.63, 3.8) is 0 Å². The van der Waals surface area contributed by atoms with E-state index >= 15 is 0 Å². The van der Waals surface area contributed by atoms with Crippen LogP contribution in [0.5, 0.6) is 0 Å². The summed E-state index contributed by atoms with van der Waals surface area (Å²) in [5.41, 5.74) is 0.386. The van der Waals surface area contributed by atoms with E-state index in [4.69, 9.17) is 0 Å². The molecule has 0 amide bonds. The highest BCUT2D eigenvalue weighted by molar-refractivity contribution is 5.59. The number of nitrogens with one attached hydrogen (secondary N) is 2. The highest BCUT2D eigenvalue weighted by Crippen LogP contribution is 2.18. The molecule has 0 fully saturated rings. The lowest BCUT2D eigenvalue weighted by atomic mass is 10.1. The van der Waals surface area contributed by atoms with E-state index in [1.807, 2.05) is 0 Å². The minimum atomic E-state index is -0.388. The molecule has 2 aromatic rings. The highest BCUT2D eigenvalue weighted by Gasteiger charge is 2.07. The Morgan fingerprint density at radius 1 is 1.41 bits per heavy atom. The van der Waals surface area contributed by atoms with E-state index in [1.165, 1.54) is 12.1 Å². The number of nitrogens with zero attached hydrogens (tertiary/aromatic N) is 1. The molecule has 88 valence electrons. The molecule has 0 spiro atoms. The summed E-state index contributed by atoms with van der Waals surface area (Å²) >= 11 is 0. The number of hydrogen-bond acceptors (Lipinski definition) is 3. The first-order chi connectivity index (χ1) is 8.20. The number of benzene rings is 1. The van der Waals surface area contributed by atoms with Crippen molar-refractivity contribution in [2.45, 2.75) is 6.54 Å². The number of aromatic amines is 1. The van der Waals surface area contributed by atoms with Crippen molar-refractivity contribution in [1.29, 1.82) is 0 Å². The quantitative estimate of drug-likeness (QED) is 0.840. The SMILES string of the molecule is CNCc1nc(-c2ccccc2F)cc(=O)[nH]1. The van der Waals surface area contributed by atoms with Gasteiger partial charge in [-0.1, -0.05) is 12.1 Å². The Morgan fingerprint density at radius 2 is 2.18 bits per heavy atom. The van der Waals surface area contributed by atoms with Gasteiger partial charge in [0.25, 0.3) is 5.56 Å². The molecule has 4 nitrogen and oxygen atoms in total. The van der Waals surface area contributed by atoms with E-state index < -0.39 is 0 Å². The molecule has 2 N–H and O–H groups in total. The number of halogens is 1. The van der Waals surface area contributed by atoms with Crippen LogP contribution in [0, 0.1) is 5.82 Å². The number of H-pyrrole nitrogens is 1. The molecular weight excluding hydrogens is 221 g/mol. The maximum absolute atomic E-state index is 13.6. The van der Waals surface area contributed by atoms with Gasteiger partial charge in [0.05, 0.1) is 12.2 Å². The Bertz CT molecular complexity index is 580. The van der Waals surface area contributed by atoms with E-state index in [0.29, 0.717) is 23.6 Å². The molecule has 2 rings (SSSR count). The van der Waals surface area contributed by atoms with Crippen molar-refractivity contribution in [3.8, 4) is 11.3 Å². The van der Waals surface area contributed by atoms with E-state index in [9.17, 15) is 9.18 Å². The van der Waals surface area contributed by atoms with E-state index in [0.717, 1.165) is 0 Å². The highest BCUT2D eigenvalue weighted by atomic mass is 19.1. The molecule has 5 heteroatoms. The van der Waals surface area contributed by atoms with E-state index in [-0.39, 0.29) is 11.4 Å². The summed E-state index contributed by atoms with van der Waals surface area (Å²) in [6.07, 6.45) is 0. The summed E-state index contributed by atoms with van der Waals surface area (Å²) in [7, 11) is 1.75. The second-order valence-electron chi connectivity index (χ2n) is 3.59. The van der Waals surface area contributed by atoms with Crippen molar-refractivity contribution in [2.24, 2.45) is 0 Å². The van der Waals surface area contributed by atoms with Crippen molar-refractivity contribution in [1.82, 2.24) is 15.3 Å². The van der Waals surface area contributed by atoms with Crippen LogP contribution >= 0.6 is 0 Å². The number of rotatable bonds is 3. The lowest BCUT2D eigenvalue weighted by Gasteiger charge is -2.04. The third kappa shape index (κ3) is 2.57. The molecule has 0 aliphatic rings. The Labute approximate surface area is 97.5 Å². The molecule has 1 aromatic heterocycles. The van der Waals surface area contributed by atoms with Gasteiger partial charge in [0.1, 0.15) is 11.6 Å². The lowest BCUT2D eigenvalue weighted by molar-refractivity contribution is 0.630.